The summed E-state index contributed by atoms with van der Waals surface area (Å²) in [5.41, 5.74) is 2.18. The SMILES string of the molecule is Cc1cccc(CO[C@@H]2CCC[C@H](OCCN(CC3CCCCC3)C(=O)Nc3cccc(F)c3)C2)c1C(=O)O. The molecule has 0 bridgehead atoms. The van der Waals surface area contributed by atoms with Gasteiger partial charge in [-0.15, -0.1) is 0 Å². The van der Waals surface area contributed by atoms with Crippen molar-refractivity contribution in [3.05, 3.63) is 65.0 Å². The number of carboxylic acid groups (broad SMARTS) is 1. The van der Waals surface area contributed by atoms with Gasteiger partial charge in [0.25, 0.3) is 0 Å². The monoisotopic (exact) mass is 540 g/mol. The second kappa shape index (κ2) is 14.4. The van der Waals surface area contributed by atoms with Gasteiger partial charge >= 0.3 is 12.0 Å². The standard InChI is InChI=1S/C31H41FN2O5/c1-22-8-5-11-24(29(22)30(35)36)21-39-28-15-7-14-27(19-28)38-17-16-34(20-23-9-3-2-4-10-23)31(37)33-26-13-6-12-25(32)18-26/h5-6,8,11-13,18,23,27-28H,2-4,7,9-10,14-17,19-21H2,1H3,(H,33,37)(H,35,36)/t27-,28+/m0/s1. The first-order valence-corrected chi connectivity index (χ1v) is 14.3. The van der Waals surface area contributed by atoms with E-state index in [0.717, 1.165) is 44.1 Å². The molecule has 2 aromatic rings. The first kappa shape index (κ1) is 29.0. The Morgan fingerprint density at radius 1 is 1.00 bits per heavy atom. The van der Waals surface area contributed by atoms with E-state index >= 15 is 0 Å². The Bertz CT molecular complexity index is 1100. The number of hydrogen-bond donors (Lipinski definition) is 2. The van der Waals surface area contributed by atoms with Gasteiger partial charge in [-0.2, -0.15) is 0 Å². The van der Waals surface area contributed by atoms with Crippen LogP contribution in [0, 0.1) is 18.7 Å². The van der Waals surface area contributed by atoms with Crippen LogP contribution in [-0.4, -0.2) is 53.9 Å². The number of amides is 2. The molecule has 2 saturated carbocycles. The van der Waals surface area contributed by atoms with Crippen molar-refractivity contribution in [2.75, 3.05) is 25.0 Å². The molecule has 0 unspecified atom stereocenters. The van der Waals surface area contributed by atoms with Crippen molar-refractivity contribution in [2.45, 2.75) is 83.5 Å². The molecular formula is C31H41FN2O5. The summed E-state index contributed by atoms with van der Waals surface area (Å²) in [6, 6.07) is 11.2. The van der Waals surface area contributed by atoms with Crippen LogP contribution in [-0.2, 0) is 16.1 Å². The molecule has 0 spiro atoms. The number of nitrogens with zero attached hydrogens (tertiary/aromatic N) is 1. The Kier molecular flexibility index (Phi) is 10.7. The zero-order chi connectivity index (χ0) is 27.6. The number of benzene rings is 2. The molecule has 0 saturated heterocycles. The maximum atomic E-state index is 13.6. The lowest BCUT2D eigenvalue weighted by Gasteiger charge is -2.32. The number of aryl methyl sites for hydroxylation is 1. The Balaban J connectivity index is 1.28. The third kappa shape index (κ3) is 8.77. The number of halogens is 1. The van der Waals surface area contributed by atoms with E-state index in [9.17, 15) is 19.1 Å². The van der Waals surface area contributed by atoms with Gasteiger partial charge in [-0.1, -0.05) is 43.5 Å². The molecule has 2 amide bonds. The fourth-order valence-corrected chi connectivity index (χ4v) is 5.82. The van der Waals surface area contributed by atoms with Crippen molar-refractivity contribution in [3.8, 4) is 0 Å². The minimum Gasteiger partial charge on any atom is -0.478 e. The molecule has 4 rings (SSSR count). The molecule has 0 aliphatic heterocycles. The molecule has 39 heavy (non-hydrogen) atoms. The number of aromatic carboxylic acids is 1. The van der Waals surface area contributed by atoms with Crippen molar-refractivity contribution in [3.63, 3.8) is 0 Å². The summed E-state index contributed by atoms with van der Waals surface area (Å²) in [6.07, 6.45) is 9.48. The lowest BCUT2D eigenvalue weighted by atomic mass is 9.89. The highest BCUT2D eigenvalue weighted by Gasteiger charge is 2.26. The predicted octanol–water partition coefficient (Wildman–Crippen LogP) is 6.79. The Morgan fingerprint density at radius 2 is 1.74 bits per heavy atom. The van der Waals surface area contributed by atoms with Crippen LogP contribution in [0.4, 0.5) is 14.9 Å². The molecule has 0 heterocycles. The molecule has 2 aliphatic carbocycles. The van der Waals surface area contributed by atoms with Gasteiger partial charge in [0.15, 0.2) is 0 Å². The number of urea groups is 1. The van der Waals surface area contributed by atoms with Gasteiger partial charge in [0.1, 0.15) is 5.82 Å². The van der Waals surface area contributed by atoms with E-state index in [1.54, 1.807) is 25.1 Å². The highest BCUT2D eigenvalue weighted by atomic mass is 19.1. The maximum absolute atomic E-state index is 13.6. The second-order valence-corrected chi connectivity index (χ2v) is 10.9. The molecule has 0 aromatic heterocycles. The third-order valence-electron chi connectivity index (χ3n) is 7.91. The molecule has 2 fully saturated rings. The summed E-state index contributed by atoms with van der Waals surface area (Å²) < 4.78 is 26.0. The minimum atomic E-state index is -0.934. The molecular weight excluding hydrogens is 499 g/mol. The van der Waals surface area contributed by atoms with Gasteiger partial charge < -0.3 is 24.8 Å². The lowest BCUT2D eigenvalue weighted by molar-refractivity contribution is -0.0526. The topological polar surface area (TPSA) is 88.1 Å². The maximum Gasteiger partial charge on any atom is 0.336 e. The Hall–Kier alpha value is -2.97. The lowest BCUT2D eigenvalue weighted by Crippen LogP contribution is -2.41. The molecule has 0 radical (unpaired) electrons. The Labute approximate surface area is 230 Å². The summed E-state index contributed by atoms with van der Waals surface area (Å²) in [5, 5.41) is 12.4. The molecule has 2 atom stereocenters. The van der Waals surface area contributed by atoms with Crippen LogP contribution < -0.4 is 5.32 Å². The van der Waals surface area contributed by atoms with Crippen LogP contribution in [0.1, 0.15) is 79.3 Å². The van der Waals surface area contributed by atoms with Crippen molar-refractivity contribution < 1.29 is 28.6 Å². The van der Waals surface area contributed by atoms with Gasteiger partial charge in [0.05, 0.1) is 31.0 Å². The van der Waals surface area contributed by atoms with E-state index in [1.807, 2.05) is 17.0 Å². The molecule has 8 heteroatoms. The van der Waals surface area contributed by atoms with Crippen LogP contribution in [0.3, 0.4) is 0 Å². The predicted molar refractivity (Wildman–Crippen MR) is 148 cm³/mol. The van der Waals surface area contributed by atoms with E-state index in [-0.39, 0.29) is 30.7 Å². The van der Waals surface area contributed by atoms with Crippen LogP contribution >= 0.6 is 0 Å². The van der Waals surface area contributed by atoms with Gasteiger partial charge in [0.2, 0.25) is 0 Å². The zero-order valence-electron chi connectivity index (χ0n) is 22.9. The number of carbonyl (C=O) groups is 2. The van der Waals surface area contributed by atoms with Gasteiger partial charge in [0, 0.05) is 18.8 Å². The average molecular weight is 541 g/mol. The van der Waals surface area contributed by atoms with E-state index in [4.69, 9.17) is 9.47 Å². The first-order chi connectivity index (χ1) is 18.9. The van der Waals surface area contributed by atoms with Crippen LogP contribution in [0.5, 0.6) is 0 Å². The number of carboxylic acids is 1. The van der Waals surface area contributed by atoms with E-state index in [0.29, 0.717) is 42.4 Å². The third-order valence-corrected chi connectivity index (χ3v) is 7.91. The molecule has 2 aliphatic rings. The normalized spacial score (nSPS) is 19.9. The number of hydrogen-bond acceptors (Lipinski definition) is 4. The number of ether oxygens (including phenoxy) is 2. The highest BCUT2D eigenvalue weighted by molar-refractivity contribution is 5.91. The van der Waals surface area contributed by atoms with Gasteiger partial charge in [-0.05, 0) is 80.7 Å². The average Bonchev–Trinajstić information content (AvgIpc) is 2.92. The zero-order valence-corrected chi connectivity index (χ0v) is 22.9. The number of anilines is 1. The quantitative estimate of drug-likeness (QED) is 0.328. The molecule has 7 nitrogen and oxygen atoms in total. The Morgan fingerprint density at radius 3 is 2.49 bits per heavy atom. The largest absolute Gasteiger partial charge is 0.478 e. The van der Waals surface area contributed by atoms with Crippen molar-refractivity contribution in [1.82, 2.24) is 4.90 Å². The fourth-order valence-electron chi connectivity index (χ4n) is 5.82. The van der Waals surface area contributed by atoms with Gasteiger partial charge in [-0.25, -0.2) is 14.0 Å². The van der Waals surface area contributed by atoms with Crippen LogP contribution in [0.15, 0.2) is 42.5 Å². The summed E-state index contributed by atoms with van der Waals surface area (Å²) in [7, 11) is 0. The van der Waals surface area contributed by atoms with Crippen LogP contribution in [0.25, 0.3) is 0 Å². The summed E-state index contributed by atoms with van der Waals surface area (Å²) in [6.45, 7) is 3.61. The first-order valence-electron chi connectivity index (χ1n) is 14.3. The van der Waals surface area contributed by atoms with E-state index in [1.165, 1.54) is 31.4 Å². The number of nitrogens with one attached hydrogen (secondary N) is 1. The van der Waals surface area contributed by atoms with Gasteiger partial charge in [-0.3, -0.25) is 0 Å². The summed E-state index contributed by atoms with van der Waals surface area (Å²) in [5.74, 6) is -0.844. The molecule has 212 valence electrons. The van der Waals surface area contributed by atoms with E-state index < -0.39 is 5.97 Å². The summed E-state index contributed by atoms with van der Waals surface area (Å²) in [4.78, 5) is 26.6. The molecule has 2 N–H and O–H groups in total. The van der Waals surface area contributed by atoms with Crippen molar-refractivity contribution >= 4 is 17.7 Å². The number of rotatable bonds is 11. The second-order valence-electron chi connectivity index (χ2n) is 10.9. The fraction of sp³-hybridized carbons (Fsp3) is 0.548. The smallest absolute Gasteiger partial charge is 0.336 e. The van der Waals surface area contributed by atoms with Crippen molar-refractivity contribution in [1.29, 1.82) is 0 Å². The van der Waals surface area contributed by atoms with Crippen LogP contribution in [0.2, 0.25) is 0 Å². The summed E-state index contributed by atoms with van der Waals surface area (Å²) >= 11 is 0. The molecule has 2 aromatic carbocycles. The van der Waals surface area contributed by atoms with E-state index in [2.05, 4.69) is 5.32 Å². The minimum absolute atomic E-state index is 0.000486. The van der Waals surface area contributed by atoms with Crippen molar-refractivity contribution in [2.24, 2.45) is 5.92 Å². The number of carbonyl (C=O) groups excluding carboxylic acids is 1. The highest BCUT2D eigenvalue weighted by Crippen LogP contribution is 2.27.